The van der Waals surface area contributed by atoms with E-state index in [0.29, 0.717) is 16.5 Å². The molecule has 1 aliphatic rings. The number of methoxy groups -OCH3 is 1. The SMILES string of the molecule is COC1c2ccccc2OC(=O)N1c1ccc(Cl)cc1. The fourth-order valence-corrected chi connectivity index (χ4v) is 2.36. The number of nitrogens with zero attached hydrogens (tertiary/aromatic N) is 1. The second-order valence-electron chi connectivity index (χ2n) is 4.34. The topological polar surface area (TPSA) is 38.8 Å². The van der Waals surface area contributed by atoms with Crippen LogP contribution in [0.1, 0.15) is 11.8 Å². The van der Waals surface area contributed by atoms with E-state index in [0.717, 1.165) is 5.56 Å². The van der Waals surface area contributed by atoms with Gasteiger partial charge in [-0.3, -0.25) is 0 Å². The van der Waals surface area contributed by atoms with Crippen LogP contribution in [0, 0.1) is 0 Å². The Bertz CT molecular complexity index is 642. The summed E-state index contributed by atoms with van der Waals surface area (Å²) < 4.78 is 10.8. The zero-order chi connectivity index (χ0) is 14.1. The number of amides is 1. The standard InChI is InChI=1S/C15H12ClNO3/c1-19-14-12-4-2-3-5-13(12)20-15(18)17(14)11-8-6-10(16)7-9-11/h2-9,14H,1H3. The summed E-state index contributed by atoms with van der Waals surface area (Å²) >= 11 is 5.87. The van der Waals surface area contributed by atoms with E-state index in [-0.39, 0.29) is 0 Å². The molecule has 0 bridgehead atoms. The maximum absolute atomic E-state index is 12.2. The van der Waals surface area contributed by atoms with Crippen molar-refractivity contribution in [2.45, 2.75) is 6.23 Å². The molecule has 1 aliphatic heterocycles. The highest BCUT2D eigenvalue weighted by atomic mass is 35.5. The molecule has 0 spiro atoms. The number of hydrogen-bond donors (Lipinski definition) is 0. The Kier molecular flexibility index (Phi) is 3.34. The molecule has 1 atom stereocenters. The molecule has 1 heterocycles. The molecule has 0 N–H and O–H groups in total. The Labute approximate surface area is 121 Å². The van der Waals surface area contributed by atoms with E-state index in [4.69, 9.17) is 21.1 Å². The largest absolute Gasteiger partial charge is 0.422 e. The summed E-state index contributed by atoms with van der Waals surface area (Å²) in [7, 11) is 1.56. The van der Waals surface area contributed by atoms with Crippen LogP contribution in [0.4, 0.5) is 10.5 Å². The van der Waals surface area contributed by atoms with E-state index >= 15 is 0 Å². The Morgan fingerprint density at radius 1 is 1.15 bits per heavy atom. The molecule has 0 aromatic heterocycles. The molecule has 0 saturated heterocycles. The summed E-state index contributed by atoms with van der Waals surface area (Å²) in [5, 5.41) is 0.605. The van der Waals surface area contributed by atoms with Gasteiger partial charge in [-0.15, -0.1) is 0 Å². The normalized spacial score (nSPS) is 17.6. The fraction of sp³-hybridized carbons (Fsp3) is 0.133. The molecule has 3 rings (SSSR count). The number of rotatable bonds is 2. The van der Waals surface area contributed by atoms with Crippen molar-refractivity contribution in [3.05, 3.63) is 59.1 Å². The minimum atomic E-state index is -0.520. The number of anilines is 1. The van der Waals surface area contributed by atoms with Crippen LogP contribution >= 0.6 is 11.6 Å². The zero-order valence-corrected chi connectivity index (χ0v) is 11.5. The van der Waals surface area contributed by atoms with Crippen molar-refractivity contribution < 1.29 is 14.3 Å². The van der Waals surface area contributed by atoms with Crippen molar-refractivity contribution in [1.82, 2.24) is 0 Å². The number of carbonyl (C=O) groups is 1. The van der Waals surface area contributed by atoms with Gasteiger partial charge in [0, 0.05) is 17.7 Å². The summed E-state index contributed by atoms with van der Waals surface area (Å²) in [5.74, 6) is 0.523. The van der Waals surface area contributed by atoms with Crippen LogP contribution in [0.2, 0.25) is 5.02 Å². The van der Waals surface area contributed by atoms with Gasteiger partial charge in [-0.05, 0) is 30.3 Å². The highest BCUT2D eigenvalue weighted by Crippen LogP contribution is 2.38. The van der Waals surface area contributed by atoms with Crippen LogP contribution in [0.15, 0.2) is 48.5 Å². The second-order valence-corrected chi connectivity index (χ2v) is 4.78. The molecular weight excluding hydrogens is 278 g/mol. The number of hydrogen-bond acceptors (Lipinski definition) is 3. The Morgan fingerprint density at radius 2 is 1.85 bits per heavy atom. The summed E-state index contributed by atoms with van der Waals surface area (Å²) in [6, 6.07) is 14.3. The lowest BCUT2D eigenvalue weighted by molar-refractivity contribution is 0.0848. The van der Waals surface area contributed by atoms with Gasteiger partial charge in [-0.25, -0.2) is 9.69 Å². The van der Waals surface area contributed by atoms with Gasteiger partial charge >= 0.3 is 6.09 Å². The molecule has 0 aliphatic carbocycles. The van der Waals surface area contributed by atoms with Gasteiger partial charge in [0.1, 0.15) is 5.75 Å². The first kappa shape index (κ1) is 13.0. The number of halogens is 1. The van der Waals surface area contributed by atoms with Crippen LogP contribution < -0.4 is 9.64 Å². The minimum Gasteiger partial charge on any atom is -0.409 e. The molecule has 20 heavy (non-hydrogen) atoms. The molecule has 1 amide bonds. The lowest BCUT2D eigenvalue weighted by atomic mass is 10.1. The van der Waals surface area contributed by atoms with Gasteiger partial charge in [0.25, 0.3) is 0 Å². The summed E-state index contributed by atoms with van der Waals surface area (Å²) in [6.07, 6.45) is -0.994. The van der Waals surface area contributed by atoms with Crippen LogP contribution in [0.3, 0.4) is 0 Å². The molecule has 102 valence electrons. The van der Waals surface area contributed by atoms with Crippen molar-refractivity contribution in [3.8, 4) is 5.75 Å². The third-order valence-electron chi connectivity index (χ3n) is 3.14. The maximum Gasteiger partial charge on any atom is 0.422 e. The first-order valence-electron chi connectivity index (χ1n) is 6.09. The third-order valence-corrected chi connectivity index (χ3v) is 3.39. The Hall–Kier alpha value is -2.04. The molecule has 0 saturated carbocycles. The summed E-state index contributed by atoms with van der Waals surface area (Å²) in [4.78, 5) is 13.7. The monoisotopic (exact) mass is 289 g/mol. The average Bonchev–Trinajstić information content (AvgIpc) is 2.47. The molecule has 0 radical (unpaired) electrons. The maximum atomic E-state index is 12.2. The van der Waals surface area contributed by atoms with E-state index < -0.39 is 12.3 Å². The van der Waals surface area contributed by atoms with Crippen LogP contribution in [0.25, 0.3) is 0 Å². The van der Waals surface area contributed by atoms with Crippen molar-refractivity contribution in [2.24, 2.45) is 0 Å². The summed E-state index contributed by atoms with van der Waals surface area (Å²) in [5.41, 5.74) is 1.48. The molecule has 0 fully saturated rings. The van der Waals surface area contributed by atoms with Crippen molar-refractivity contribution >= 4 is 23.4 Å². The molecule has 4 nitrogen and oxygen atoms in total. The predicted molar refractivity (Wildman–Crippen MR) is 76.1 cm³/mol. The number of fused-ring (bicyclic) bond motifs is 1. The van der Waals surface area contributed by atoms with Gasteiger partial charge in [0.2, 0.25) is 0 Å². The smallest absolute Gasteiger partial charge is 0.409 e. The first-order chi connectivity index (χ1) is 9.70. The van der Waals surface area contributed by atoms with Crippen LogP contribution in [0.5, 0.6) is 5.75 Å². The molecule has 5 heteroatoms. The highest BCUT2D eigenvalue weighted by molar-refractivity contribution is 6.30. The first-order valence-corrected chi connectivity index (χ1v) is 6.47. The van der Waals surface area contributed by atoms with E-state index in [1.54, 1.807) is 37.4 Å². The van der Waals surface area contributed by atoms with E-state index in [9.17, 15) is 4.79 Å². The number of carbonyl (C=O) groups excluding carboxylic acids is 1. The minimum absolute atomic E-state index is 0.474. The predicted octanol–water partition coefficient (Wildman–Crippen LogP) is 4.00. The molecule has 2 aromatic carbocycles. The second kappa shape index (κ2) is 5.15. The van der Waals surface area contributed by atoms with Gasteiger partial charge in [-0.2, -0.15) is 0 Å². The third kappa shape index (κ3) is 2.13. The lowest BCUT2D eigenvalue weighted by Gasteiger charge is -2.34. The van der Waals surface area contributed by atoms with Crippen LogP contribution in [-0.4, -0.2) is 13.2 Å². The average molecular weight is 290 g/mol. The van der Waals surface area contributed by atoms with Gasteiger partial charge in [0.05, 0.1) is 5.69 Å². The van der Waals surface area contributed by atoms with E-state index in [2.05, 4.69) is 0 Å². The quantitative estimate of drug-likeness (QED) is 0.838. The van der Waals surface area contributed by atoms with E-state index in [1.165, 1.54) is 4.90 Å². The van der Waals surface area contributed by atoms with Gasteiger partial charge in [-0.1, -0.05) is 29.8 Å². The van der Waals surface area contributed by atoms with Gasteiger partial charge in [0.15, 0.2) is 6.23 Å². The number of benzene rings is 2. The molecule has 1 unspecified atom stereocenters. The fourth-order valence-electron chi connectivity index (χ4n) is 2.23. The van der Waals surface area contributed by atoms with Crippen molar-refractivity contribution in [3.63, 3.8) is 0 Å². The van der Waals surface area contributed by atoms with E-state index in [1.807, 2.05) is 18.2 Å². The zero-order valence-electron chi connectivity index (χ0n) is 10.7. The summed E-state index contributed by atoms with van der Waals surface area (Å²) in [6.45, 7) is 0. The van der Waals surface area contributed by atoms with Crippen LogP contribution in [-0.2, 0) is 4.74 Å². The van der Waals surface area contributed by atoms with Crippen molar-refractivity contribution in [2.75, 3.05) is 12.0 Å². The molecular formula is C15H12ClNO3. The Morgan fingerprint density at radius 3 is 2.55 bits per heavy atom. The molecule has 2 aromatic rings. The highest BCUT2D eigenvalue weighted by Gasteiger charge is 2.35. The van der Waals surface area contributed by atoms with Gasteiger partial charge < -0.3 is 9.47 Å². The number of para-hydroxylation sites is 1. The lowest BCUT2D eigenvalue weighted by Crippen LogP contribution is -2.41. The number of ether oxygens (including phenoxy) is 2. The van der Waals surface area contributed by atoms with Crippen molar-refractivity contribution in [1.29, 1.82) is 0 Å². The Balaban J connectivity index is 2.07.